The smallest absolute Gasteiger partial charge is 0.333 e. The molecule has 3 N–H and O–H groups in total. The number of aryl methyl sites for hydroxylation is 2. The van der Waals surface area contributed by atoms with E-state index in [9.17, 15) is 9.59 Å². The Morgan fingerprint density at radius 1 is 1.23 bits per heavy atom. The van der Waals surface area contributed by atoms with Gasteiger partial charge in [-0.05, 0) is 51.9 Å². The van der Waals surface area contributed by atoms with E-state index in [0.717, 1.165) is 25.8 Å². The molecular weight excluding hydrogens is 335 g/mol. The highest BCUT2D eigenvalue weighted by molar-refractivity contribution is 5.73. The number of hydrogen-bond acceptors (Lipinski definition) is 4. The standard InChI is InChI=1S/C19H25FN4O2/c1-9-16-14(12-4-5-12)18(25)22-19(26)24(16)11(3)15(20)17(9)23-7-6-13(8-23)10(2)21/h10,12-13H,4-8,21H2,1-3H3,(H,22,25,26). The average molecular weight is 360 g/mol. The number of rotatable bonds is 3. The van der Waals surface area contributed by atoms with E-state index < -0.39 is 11.5 Å². The molecule has 0 aromatic carbocycles. The first kappa shape index (κ1) is 17.3. The normalized spacial score (nSPS) is 21.6. The molecule has 26 heavy (non-hydrogen) atoms. The van der Waals surface area contributed by atoms with Crippen LogP contribution >= 0.6 is 0 Å². The maximum Gasteiger partial charge on any atom is 0.333 e. The van der Waals surface area contributed by atoms with Gasteiger partial charge in [0.15, 0.2) is 5.82 Å². The van der Waals surface area contributed by atoms with Crippen LogP contribution in [0, 0.1) is 25.6 Å². The van der Waals surface area contributed by atoms with Crippen LogP contribution in [0.3, 0.4) is 0 Å². The molecule has 2 aromatic rings. The Kier molecular flexibility index (Phi) is 3.95. The van der Waals surface area contributed by atoms with Crippen LogP contribution in [0.15, 0.2) is 9.59 Å². The van der Waals surface area contributed by atoms with Gasteiger partial charge in [0.05, 0.1) is 16.9 Å². The summed E-state index contributed by atoms with van der Waals surface area (Å²) in [5.74, 6) is 0.0759. The Balaban J connectivity index is 2.00. The first-order valence-electron chi connectivity index (χ1n) is 9.29. The number of fused-ring (bicyclic) bond motifs is 1. The molecule has 2 fully saturated rings. The van der Waals surface area contributed by atoms with Gasteiger partial charge in [0.2, 0.25) is 0 Å². The van der Waals surface area contributed by atoms with Crippen molar-refractivity contribution in [2.24, 2.45) is 11.7 Å². The van der Waals surface area contributed by atoms with Crippen LogP contribution in [0.2, 0.25) is 0 Å². The van der Waals surface area contributed by atoms with Crippen LogP contribution in [0.25, 0.3) is 5.52 Å². The number of aromatic nitrogens is 2. The van der Waals surface area contributed by atoms with Crippen LogP contribution in [0.1, 0.15) is 48.9 Å². The van der Waals surface area contributed by atoms with Crippen molar-refractivity contribution in [3.63, 3.8) is 0 Å². The van der Waals surface area contributed by atoms with Crippen molar-refractivity contribution in [1.29, 1.82) is 0 Å². The molecule has 2 aromatic heterocycles. The van der Waals surface area contributed by atoms with Crippen molar-refractivity contribution in [2.45, 2.75) is 52.0 Å². The van der Waals surface area contributed by atoms with Gasteiger partial charge in [-0.15, -0.1) is 0 Å². The molecule has 0 radical (unpaired) electrons. The molecule has 0 amide bonds. The fraction of sp³-hybridized carbons (Fsp3) is 0.579. The Morgan fingerprint density at radius 2 is 1.92 bits per heavy atom. The lowest BCUT2D eigenvalue weighted by atomic mass is 10.0. The molecule has 2 aliphatic rings. The van der Waals surface area contributed by atoms with E-state index in [1.165, 1.54) is 4.40 Å². The fourth-order valence-electron chi connectivity index (χ4n) is 4.33. The third-order valence-electron chi connectivity index (χ3n) is 5.99. The Labute approximate surface area is 150 Å². The number of halogens is 1. The van der Waals surface area contributed by atoms with Crippen LogP contribution in [0.4, 0.5) is 10.1 Å². The van der Waals surface area contributed by atoms with Crippen LogP contribution < -0.4 is 21.9 Å². The molecule has 4 rings (SSSR count). The second-order valence-electron chi connectivity index (χ2n) is 7.86. The first-order valence-corrected chi connectivity index (χ1v) is 9.29. The molecule has 2 unspecified atom stereocenters. The summed E-state index contributed by atoms with van der Waals surface area (Å²) in [6.45, 7) is 6.81. The van der Waals surface area contributed by atoms with Gasteiger partial charge in [0.25, 0.3) is 5.56 Å². The summed E-state index contributed by atoms with van der Waals surface area (Å²) in [7, 11) is 0. The van der Waals surface area contributed by atoms with E-state index in [2.05, 4.69) is 4.98 Å². The van der Waals surface area contributed by atoms with Gasteiger partial charge >= 0.3 is 5.69 Å². The molecular formula is C19H25FN4O2. The summed E-state index contributed by atoms with van der Waals surface area (Å²) < 4.78 is 16.6. The summed E-state index contributed by atoms with van der Waals surface area (Å²) in [5, 5.41) is 0. The average Bonchev–Trinajstić information content (AvgIpc) is 3.28. The van der Waals surface area contributed by atoms with E-state index in [0.29, 0.717) is 34.8 Å². The molecule has 0 bridgehead atoms. The van der Waals surface area contributed by atoms with E-state index in [-0.39, 0.29) is 23.2 Å². The minimum Gasteiger partial charge on any atom is -0.368 e. The number of nitrogens with zero attached hydrogens (tertiary/aromatic N) is 2. The molecule has 0 spiro atoms. The predicted molar refractivity (Wildman–Crippen MR) is 99.7 cm³/mol. The van der Waals surface area contributed by atoms with Gasteiger partial charge in [-0.25, -0.2) is 9.18 Å². The molecule has 1 saturated carbocycles. The third-order valence-corrected chi connectivity index (χ3v) is 5.99. The number of pyridine rings is 1. The Hall–Kier alpha value is -2.15. The minimum absolute atomic E-state index is 0.0532. The van der Waals surface area contributed by atoms with Crippen molar-refractivity contribution in [3.8, 4) is 0 Å². The molecule has 140 valence electrons. The Bertz CT molecular complexity index is 1000. The second kappa shape index (κ2) is 5.94. The highest BCUT2D eigenvalue weighted by Gasteiger charge is 2.34. The fourth-order valence-corrected chi connectivity index (χ4v) is 4.33. The van der Waals surface area contributed by atoms with E-state index >= 15 is 4.39 Å². The summed E-state index contributed by atoms with van der Waals surface area (Å²) in [5.41, 5.74) is 7.75. The largest absolute Gasteiger partial charge is 0.368 e. The molecule has 7 heteroatoms. The van der Waals surface area contributed by atoms with E-state index in [1.807, 2.05) is 18.7 Å². The van der Waals surface area contributed by atoms with E-state index in [1.54, 1.807) is 6.92 Å². The molecule has 3 heterocycles. The third kappa shape index (κ3) is 2.48. The SMILES string of the molecule is Cc1c(N2CCC(C(C)N)C2)c(F)c(C)n2c(=O)[nH]c(=O)c(C3CC3)c12. The summed E-state index contributed by atoms with van der Waals surface area (Å²) >= 11 is 0. The summed E-state index contributed by atoms with van der Waals surface area (Å²) in [6.07, 6.45) is 2.77. The zero-order chi connectivity index (χ0) is 18.7. The van der Waals surface area contributed by atoms with Crippen molar-refractivity contribution >= 4 is 11.2 Å². The molecule has 2 atom stereocenters. The number of nitrogens with two attached hydrogens (primary N) is 1. The topological polar surface area (TPSA) is 83.6 Å². The van der Waals surface area contributed by atoms with Gasteiger partial charge in [0.1, 0.15) is 0 Å². The predicted octanol–water partition coefficient (Wildman–Crippen LogP) is 1.79. The van der Waals surface area contributed by atoms with Crippen molar-refractivity contribution in [2.75, 3.05) is 18.0 Å². The number of anilines is 1. The van der Waals surface area contributed by atoms with Crippen LogP contribution in [-0.2, 0) is 0 Å². The van der Waals surface area contributed by atoms with Gasteiger partial charge in [0, 0.05) is 30.3 Å². The summed E-state index contributed by atoms with van der Waals surface area (Å²) in [4.78, 5) is 29.3. The van der Waals surface area contributed by atoms with Crippen molar-refractivity contribution in [3.05, 3.63) is 43.5 Å². The molecule has 1 aliphatic heterocycles. The lowest BCUT2D eigenvalue weighted by Gasteiger charge is -2.25. The zero-order valence-corrected chi connectivity index (χ0v) is 15.4. The highest BCUT2D eigenvalue weighted by atomic mass is 19.1. The van der Waals surface area contributed by atoms with Crippen molar-refractivity contribution in [1.82, 2.24) is 9.38 Å². The maximum atomic E-state index is 15.3. The van der Waals surface area contributed by atoms with Gasteiger partial charge in [-0.1, -0.05) is 0 Å². The van der Waals surface area contributed by atoms with E-state index in [4.69, 9.17) is 5.73 Å². The second-order valence-corrected chi connectivity index (χ2v) is 7.86. The Morgan fingerprint density at radius 3 is 2.50 bits per heavy atom. The number of H-pyrrole nitrogens is 1. The van der Waals surface area contributed by atoms with Gasteiger partial charge < -0.3 is 10.6 Å². The number of nitrogens with one attached hydrogen (secondary N) is 1. The lowest BCUT2D eigenvalue weighted by Crippen LogP contribution is -2.33. The van der Waals surface area contributed by atoms with Crippen LogP contribution in [-0.4, -0.2) is 28.5 Å². The summed E-state index contributed by atoms with van der Waals surface area (Å²) in [6, 6.07) is 0.0532. The lowest BCUT2D eigenvalue weighted by molar-refractivity contribution is 0.487. The van der Waals surface area contributed by atoms with Gasteiger partial charge in [-0.2, -0.15) is 0 Å². The molecule has 6 nitrogen and oxygen atoms in total. The zero-order valence-electron chi connectivity index (χ0n) is 15.4. The highest BCUT2D eigenvalue weighted by Crippen LogP contribution is 2.42. The maximum absolute atomic E-state index is 15.3. The van der Waals surface area contributed by atoms with Gasteiger partial charge in [-0.3, -0.25) is 14.2 Å². The van der Waals surface area contributed by atoms with Crippen LogP contribution in [0.5, 0.6) is 0 Å². The number of aromatic amines is 1. The quantitative estimate of drug-likeness (QED) is 0.874. The molecule has 1 saturated heterocycles. The monoisotopic (exact) mass is 360 g/mol. The number of hydrogen-bond donors (Lipinski definition) is 2. The minimum atomic E-state index is -0.574. The first-order chi connectivity index (χ1) is 12.3. The van der Waals surface area contributed by atoms with Crippen molar-refractivity contribution < 1.29 is 4.39 Å². The molecule has 1 aliphatic carbocycles.